The van der Waals surface area contributed by atoms with Crippen molar-refractivity contribution in [2.24, 2.45) is 11.7 Å². The van der Waals surface area contributed by atoms with E-state index in [1.165, 1.54) is 0 Å². The van der Waals surface area contributed by atoms with Crippen molar-refractivity contribution >= 4 is 6.03 Å². The number of carbonyl (C=O) groups excluding carboxylic acids is 1. The van der Waals surface area contributed by atoms with Gasteiger partial charge in [0.1, 0.15) is 0 Å². The zero-order chi connectivity index (χ0) is 11.8. The van der Waals surface area contributed by atoms with Crippen LogP contribution in [-0.4, -0.2) is 60.6 Å². The molecule has 0 radical (unpaired) electrons. The van der Waals surface area contributed by atoms with Crippen molar-refractivity contribution in [1.29, 1.82) is 0 Å². The molecule has 16 heavy (non-hydrogen) atoms. The molecule has 2 amide bonds. The molecule has 0 aromatic rings. The maximum atomic E-state index is 11.3. The van der Waals surface area contributed by atoms with Gasteiger partial charge in [0.15, 0.2) is 0 Å². The fourth-order valence-corrected chi connectivity index (χ4v) is 2.30. The molecule has 0 bridgehead atoms. The van der Waals surface area contributed by atoms with Gasteiger partial charge in [-0.05, 0) is 5.92 Å². The van der Waals surface area contributed by atoms with Crippen molar-refractivity contribution in [2.75, 3.05) is 39.3 Å². The number of nitrogens with one attached hydrogen (secondary N) is 1. The van der Waals surface area contributed by atoms with Gasteiger partial charge in [-0.3, -0.25) is 4.90 Å². The molecule has 5 heteroatoms. The van der Waals surface area contributed by atoms with E-state index in [4.69, 9.17) is 5.73 Å². The molecule has 2 heterocycles. The van der Waals surface area contributed by atoms with Crippen molar-refractivity contribution < 1.29 is 4.79 Å². The summed E-state index contributed by atoms with van der Waals surface area (Å²) in [5, 5.41) is 2.81. The van der Waals surface area contributed by atoms with Crippen LogP contribution >= 0.6 is 0 Å². The molecule has 3 N–H and O–H groups in total. The Morgan fingerprint density at radius 3 is 2.62 bits per heavy atom. The van der Waals surface area contributed by atoms with E-state index < -0.39 is 0 Å². The summed E-state index contributed by atoms with van der Waals surface area (Å²) in [5.41, 5.74) is 6.21. The third kappa shape index (κ3) is 2.15. The third-order valence-electron chi connectivity index (χ3n) is 3.82. The first-order valence-corrected chi connectivity index (χ1v) is 6.05. The Bertz CT molecular complexity index is 273. The number of likely N-dealkylation sites (tertiary alicyclic amines) is 1. The van der Waals surface area contributed by atoms with Gasteiger partial charge in [-0.25, -0.2) is 4.79 Å². The molecule has 92 valence electrons. The molecule has 2 saturated heterocycles. The quantitative estimate of drug-likeness (QED) is 0.690. The van der Waals surface area contributed by atoms with E-state index in [0.29, 0.717) is 5.92 Å². The van der Waals surface area contributed by atoms with E-state index >= 15 is 0 Å². The lowest BCUT2D eigenvalue weighted by atomic mass is 9.80. The van der Waals surface area contributed by atoms with Gasteiger partial charge < -0.3 is 16.0 Å². The standard InChI is InChI=1S/C11H22N4O/c1-9(2)11(12)7-14(8-11)5-6-15-4-3-13-10(15)16/h9H,3-8,12H2,1-2H3,(H,13,16). The first-order valence-electron chi connectivity index (χ1n) is 6.05. The highest BCUT2D eigenvalue weighted by Crippen LogP contribution is 2.25. The molecule has 0 aliphatic carbocycles. The van der Waals surface area contributed by atoms with E-state index in [0.717, 1.165) is 39.3 Å². The van der Waals surface area contributed by atoms with Crippen molar-refractivity contribution in [1.82, 2.24) is 15.1 Å². The molecule has 0 aromatic carbocycles. The predicted octanol–water partition coefficient (Wildman–Crippen LogP) is -0.319. The molecule has 2 fully saturated rings. The van der Waals surface area contributed by atoms with Crippen LogP contribution in [-0.2, 0) is 0 Å². The Balaban J connectivity index is 1.68. The molecule has 0 saturated carbocycles. The number of nitrogens with two attached hydrogens (primary N) is 1. The van der Waals surface area contributed by atoms with E-state index in [9.17, 15) is 4.79 Å². The first-order chi connectivity index (χ1) is 7.51. The summed E-state index contributed by atoms with van der Waals surface area (Å²) in [5.74, 6) is 0.527. The normalized spacial score (nSPS) is 24.8. The average Bonchev–Trinajstić information content (AvgIpc) is 2.56. The van der Waals surface area contributed by atoms with Crippen LogP contribution in [0.2, 0.25) is 0 Å². The van der Waals surface area contributed by atoms with Crippen LogP contribution in [0.1, 0.15) is 13.8 Å². The van der Waals surface area contributed by atoms with E-state index in [1.54, 1.807) is 0 Å². The van der Waals surface area contributed by atoms with Crippen molar-refractivity contribution in [2.45, 2.75) is 19.4 Å². The third-order valence-corrected chi connectivity index (χ3v) is 3.82. The van der Waals surface area contributed by atoms with Crippen molar-refractivity contribution in [3.63, 3.8) is 0 Å². The van der Waals surface area contributed by atoms with Gasteiger partial charge in [0.05, 0.1) is 0 Å². The van der Waals surface area contributed by atoms with Gasteiger partial charge in [0.25, 0.3) is 0 Å². The predicted molar refractivity (Wildman–Crippen MR) is 63.2 cm³/mol. The molecule has 0 aromatic heterocycles. The van der Waals surface area contributed by atoms with Gasteiger partial charge in [0, 0.05) is 44.8 Å². The molecule has 2 aliphatic heterocycles. The number of hydrogen-bond acceptors (Lipinski definition) is 3. The van der Waals surface area contributed by atoms with Crippen LogP contribution in [0.25, 0.3) is 0 Å². The molecular weight excluding hydrogens is 204 g/mol. The Labute approximate surface area is 96.9 Å². The molecule has 2 aliphatic rings. The highest BCUT2D eigenvalue weighted by Gasteiger charge is 2.41. The maximum Gasteiger partial charge on any atom is 0.317 e. The van der Waals surface area contributed by atoms with Gasteiger partial charge in [0.2, 0.25) is 0 Å². The van der Waals surface area contributed by atoms with Crippen LogP contribution in [0.3, 0.4) is 0 Å². The molecule has 0 spiro atoms. The zero-order valence-corrected chi connectivity index (χ0v) is 10.2. The maximum absolute atomic E-state index is 11.3. The number of amides is 2. The van der Waals surface area contributed by atoms with Gasteiger partial charge in [-0.15, -0.1) is 0 Å². The molecule has 5 nitrogen and oxygen atoms in total. The second-order valence-corrected chi connectivity index (χ2v) is 5.32. The summed E-state index contributed by atoms with van der Waals surface area (Å²) in [7, 11) is 0. The summed E-state index contributed by atoms with van der Waals surface area (Å²) in [6.45, 7) is 9.64. The topological polar surface area (TPSA) is 61.6 Å². The average molecular weight is 226 g/mol. The minimum absolute atomic E-state index is 0.00668. The second kappa shape index (κ2) is 4.22. The summed E-state index contributed by atoms with van der Waals surface area (Å²) < 4.78 is 0. The highest BCUT2D eigenvalue weighted by atomic mass is 16.2. The van der Waals surface area contributed by atoms with Crippen LogP contribution < -0.4 is 11.1 Å². The summed E-state index contributed by atoms with van der Waals surface area (Å²) in [6.07, 6.45) is 0. The minimum atomic E-state index is -0.00668. The van der Waals surface area contributed by atoms with Gasteiger partial charge in [-0.2, -0.15) is 0 Å². The smallest absolute Gasteiger partial charge is 0.317 e. The van der Waals surface area contributed by atoms with Gasteiger partial charge in [-0.1, -0.05) is 13.8 Å². The summed E-state index contributed by atoms with van der Waals surface area (Å²) in [4.78, 5) is 15.5. The van der Waals surface area contributed by atoms with E-state index in [2.05, 4.69) is 24.1 Å². The largest absolute Gasteiger partial charge is 0.336 e. The monoisotopic (exact) mass is 226 g/mol. The summed E-state index contributed by atoms with van der Waals surface area (Å²) in [6, 6.07) is 0.0726. The molecule has 0 atom stereocenters. The second-order valence-electron chi connectivity index (χ2n) is 5.32. The molecule has 2 rings (SSSR count). The zero-order valence-electron chi connectivity index (χ0n) is 10.2. The lowest BCUT2D eigenvalue weighted by Crippen LogP contribution is -2.70. The number of carbonyl (C=O) groups is 1. The molecule has 0 unspecified atom stereocenters. The van der Waals surface area contributed by atoms with E-state index in [1.807, 2.05) is 4.90 Å². The fourth-order valence-electron chi connectivity index (χ4n) is 2.30. The summed E-state index contributed by atoms with van der Waals surface area (Å²) >= 11 is 0. The van der Waals surface area contributed by atoms with E-state index in [-0.39, 0.29) is 11.6 Å². The lowest BCUT2D eigenvalue weighted by Gasteiger charge is -2.50. The van der Waals surface area contributed by atoms with Crippen LogP contribution in [0, 0.1) is 5.92 Å². The SMILES string of the molecule is CC(C)C1(N)CN(CCN2CCNC2=O)C1. The molecular formula is C11H22N4O. The Morgan fingerprint density at radius 1 is 1.44 bits per heavy atom. The Morgan fingerprint density at radius 2 is 2.12 bits per heavy atom. The first kappa shape index (κ1) is 11.7. The number of urea groups is 1. The number of rotatable bonds is 4. The van der Waals surface area contributed by atoms with Crippen LogP contribution in [0.15, 0.2) is 0 Å². The number of nitrogens with zero attached hydrogens (tertiary/aromatic N) is 2. The van der Waals surface area contributed by atoms with Crippen molar-refractivity contribution in [3.05, 3.63) is 0 Å². The van der Waals surface area contributed by atoms with Gasteiger partial charge >= 0.3 is 6.03 Å². The Kier molecular flexibility index (Phi) is 3.08. The minimum Gasteiger partial charge on any atom is -0.336 e. The van der Waals surface area contributed by atoms with Crippen LogP contribution in [0.4, 0.5) is 4.79 Å². The lowest BCUT2D eigenvalue weighted by molar-refractivity contribution is 0.0339. The number of hydrogen-bond donors (Lipinski definition) is 2. The highest BCUT2D eigenvalue weighted by molar-refractivity contribution is 5.76. The van der Waals surface area contributed by atoms with Crippen molar-refractivity contribution in [3.8, 4) is 0 Å². The fraction of sp³-hybridized carbons (Fsp3) is 0.909. The van der Waals surface area contributed by atoms with Crippen LogP contribution in [0.5, 0.6) is 0 Å². The Hall–Kier alpha value is -0.810.